The molecule has 0 saturated carbocycles. The van der Waals surface area contributed by atoms with Gasteiger partial charge in [0.05, 0.1) is 14.2 Å². The third-order valence-electron chi connectivity index (χ3n) is 4.46. The summed E-state index contributed by atoms with van der Waals surface area (Å²) in [5, 5.41) is 10.4. The quantitative estimate of drug-likeness (QED) is 0.448. The average molecular weight is 403 g/mol. The summed E-state index contributed by atoms with van der Waals surface area (Å²) in [6.07, 6.45) is 1.66. The smallest absolute Gasteiger partial charge is 0.230 e. The molecule has 0 aliphatic heterocycles. The lowest BCUT2D eigenvalue weighted by molar-refractivity contribution is 0.355. The van der Waals surface area contributed by atoms with Crippen LogP contribution >= 0.6 is 0 Å². The number of benzene rings is 2. The maximum Gasteiger partial charge on any atom is 0.230 e. The lowest BCUT2D eigenvalue weighted by atomic mass is 10.1. The Balaban J connectivity index is 1.52. The number of methoxy groups -OCH3 is 2. The minimum atomic E-state index is 0.394. The lowest BCUT2D eigenvalue weighted by Gasteiger charge is -2.14. The van der Waals surface area contributed by atoms with E-state index in [1.165, 1.54) is 0 Å². The minimum Gasteiger partial charge on any atom is -0.493 e. The molecule has 2 N–H and O–H groups in total. The van der Waals surface area contributed by atoms with Crippen LogP contribution in [-0.4, -0.2) is 29.3 Å². The highest BCUT2D eigenvalue weighted by Crippen LogP contribution is 2.34. The molecule has 0 spiro atoms. The van der Waals surface area contributed by atoms with Crippen LogP contribution in [0.1, 0.15) is 5.56 Å². The van der Waals surface area contributed by atoms with Gasteiger partial charge in [0.25, 0.3) is 0 Å². The van der Waals surface area contributed by atoms with Gasteiger partial charge in [-0.25, -0.2) is 4.98 Å². The van der Waals surface area contributed by atoms with Gasteiger partial charge in [0.2, 0.25) is 5.95 Å². The van der Waals surface area contributed by atoms with E-state index in [2.05, 4.69) is 25.8 Å². The van der Waals surface area contributed by atoms with Crippen LogP contribution in [0.2, 0.25) is 0 Å². The molecular formula is C22H21N5O3. The highest BCUT2D eigenvalue weighted by Gasteiger charge is 2.11. The van der Waals surface area contributed by atoms with Crippen molar-refractivity contribution in [1.82, 2.24) is 15.1 Å². The predicted octanol–water partition coefficient (Wildman–Crippen LogP) is 4.94. The topological polar surface area (TPSA) is 94.3 Å². The molecule has 0 fully saturated rings. The van der Waals surface area contributed by atoms with Gasteiger partial charge in [-0.15, -0.1) is 0 Å². The molecule has 152 valence electrons. The fourth-order valence-corrected chi connectivity index (χ4v) is 2.93. The second-order valence-corrected chi connectivity index (χ2v) is 6.48. The summed E-state index contributed by atoms with van der Waals surface area (Å²) in [5.74, 6) is 3.50. The van der Waals surface area contributed by atoms with Gasteiger partial charge in [-0.2, -0.15) is 4.98 Å². The second kappa shape index (κ2) is 8.52. The normalized spacial score (nSPS) is 10.5. The van der Waals surface area contributed by atoms with Crippen LogP contribution in [0.25, 0.3) is 11.3 Å². The molecule has 2 heterocycles. The number of rotatable bonds is 7. The first-order valence-electron chi connectivity index (χ1n) is 9.28. The van der Waals surface area contributed by atoms with Crippen molar-refractivity contribution in [1.29, 1.82) is 0 Å². The van der Waals surface area contributed by atoms with Crippen LogP contribution in [-0.2, 0) is 0 Å². The lowest BCUT2D eigenvalue weighted by Crippen LogP contribution is -2.02. The molecule has 0 unspecified atom stereocenters. The molecule has 2 aromatic carbocycles. The first kappa shape index (κ1) is 19.3. The van der Waals surface area contributed by atoms with Crippen molar-refractivity contribution >= 4 is 23.3 Å². The average Bonchev–Trinajstić information content (AvgIpc) is 3.24. The molecule has 4 aromatic rings. The predicted molar refractivity (Wildman–Crippen MR) is 115 cm³/mol. The number of aryl methyl sites for hydroxylation is 1. The number of ether oxygens (including phenoxy) is 2. The Bertz CT molecular complexity index is 1140. The Morgan fingerprint density at radius 1 is 0.867 bits per heavy atom. The van der Waals surface area contributed by atoms with Gasteiger partial charge < -0.3 is 24.6 Å². The van der Waals surface area contributed by atoms with Crippen molar-refractivity contribution in [3.8, 4) is 22.8 Å². The van der Waals surface area contributed by atoms with E-state index in [9.17, 15) is 0 Å². The summed E-state index contributed by atoms with van der Waals surface area (Å²) in [4.78, 5) is 8.75. The molecule has 8 heteroatoms. The summed E-state index contributed by atoms with van der Waals surface area (Å²) in [7, 11) is 3.21. The maximum atomic E-state index is 5.40. The summed E-state index contributed by atoms with van der Waals surface area (Å²) >= 11 is 0. The molecule has 0 saturated heterocycles. The molecule has 8 nitrogen and oxygen atoms in total. The van der Waals surface area contributed by atoms with Crippen LogP contribution in [0.4, 0.5) is 23.3 Å². The fraction of sp³-hybridized carbons (Fsp3) is 0.136. The summed E-state index contributed by atoms with van der Waals surface area (Å²) in [6.45, 7) is 1.98. The zero-order valence-electron chi connectivity index (χ0n) is 16.8. The minimum absolute atomic E-state index is 0.394. The first-order valence-corrected chi connectivity index (χ1v) is 9.28. The van der Waals surface area contributed by atoms with Gasteiger partial charge in [0.1, 0.15) is 5.82 Å². The van der Waals surface area contributed by atoms with Crippen LogP contribution < -0.4 is 20.1 Å². The Morgan fingerprint density at radius 2 is 1.63 bits per heavy atom. The van der Waals surface area contributed by atoms with Crippen molar-refractivity contribution in [2.75, 3.05) is 24.9 Å². The molecular weight excluding hydrogens is 382 g/mol. The van der Waals surface area contributed by atoms with Crippen LogP contribution in [0.15, 0.2) is 65.3 Å². The molecule has 0 bridgehead atoms. The highest BCUT2D eigenvalue weighted by molar-refractivity contribution is 5.67. The monoisotopic (exact) mass is 403 g/mol. The van der Waals surface area contributed by atoms with E-state index in [4.69, 9.17) is 14.0 Å². The van der Waals surface area contributed by atoms with Gasteiger partial charge >= 0.3 is 0 Å². The number of hydrogen-bond donors (Lipinski definition) is 2. The van der Waals surface area contributed by atoms with Gasteiger partial charge in [-0.1, -0.05) is 35.5 Å². The van der Waals surface area contributed by atoms with E-state index in [0.717, 1.165) is 16.8 Å². The van der Waals surface area contributed by atoms with Gasteiger partial charge in [0.15, 0.2) is 23.1 Å². The third kappa shape index (κ3) is 4.17. The second-order valence-electron chi connectivity index (χ2n) is 6.48. The Morgan fingerprint density at radius 3 is 2.40 bits per heavy atom. The Labute approximate surface area is 173 Å². The number of hydrogen-bond acceptors (Lipinski definition) is 8. The van der Waals surface area contributed by atoms with Crippen molar-refractivity contribution < 1.29 is 14.0 Å². The van der Waals surface area contributed by atoms with E-state index in [1.54, 1.807) is 32.5 Å². The van der Waals surface area contributed by atoms with E-state index < -0.39 is 0 Å². The fourth-order valence-electron chi connectivity index (χ4n) is 2.93. The Hall–Kier alpha value is -4.07. The maximum absolute atomic E-state index is 5.40. The van der Waals surface area contributed by atoms with Crippen LogP contribution in [0.5, 0.6) is 11.5 Å². The van der Waals surface area contributed by atoms with Gasteiger partial charge in [-0.3, -0.25) is 0 Å². The Kier molecular flexibility index (Phi) is 5.47. The van der Waals surface area contributed by atoms with Crippen molar-refractivity contribution in [3.63, 3.8) is 0 Å². The molecule has 30 heavy (non-hydrogen) atoms. The van der Waals surface area contributed by atoms with Crippen molar-refractivity contribution in [2.24, 2.45) is 0 Å². The van der Waals surface area contributed by atoms with E-state index in [1.807, 2.05) is 49.4 Å². The number of aromatic nitrogens is 3. The van der Waals surface area contributed by atoms with Crippen molar-refractivity contribution in [3.05, 3.63) is 66.4 Å². The number of nitrogens with one attached hydrogen (secondary N) is 2. The summed E-state index contributed by atoms with van der Waals surface area (Å²) in [5.41, 5.74) is 2.79. The van der Waals surface area contributed by atoms with Gasteiger partial charge in [0, 0.05) is 29.6 Å². The summed E-state index contributed by atoms with van der Waals surface area (Å²) in [6, 6.07) is 17.1. The molecule has 0 aliphatic carbocycles. The van der Waals surface area contributed by atoms with Crippen LogP contribution in [0.3, 0.4) is 0 Å². The highest BCUT2D eigenvalue weighted by atomic mass is 16.5. The first-order chi connectivity index (χ1) is 14.7. The molecule has 4 rings (SSSR count). The standard InChI is InChI=1S/C22H21N5O3/c1-14-11-18(28-2)19(29-3)12-16(14)24-20-9-10-23-22(25-20)26-21-13-17(30-27-21)15-7-5-4-6-8-15/h4-13H,1-3H3,(H2,23,24,25,26,27). The molecule has 2 aromatic heterocycles. The molecule has 0 aliphatic rings. The number of anilines is 4. The number of nitrogens with zero attached hydrogens (tertiary/aromatic N) is 3. The van der Waals surface area contributed by atoms with E-state index in [-0.39, 0.29) is 0 Å². The molecule has 0 atom stereocenters. The zero-order chi connectivity index (χ0) is 20.9. The third-order valence-corrected chi connectivity index (χ3v) is 4.46. The van der Waals surface area contributed by atoms with Crippen LogP contribution in [0, 0.1) is 6.92 Å². The van der Waals surface area contributed by atoms with Crippen molar-refractivity contribution in [2.45, 2.75) is 6.92 Å². The molecule has 0 amide bonds. The SMILES string of the molecule is COc1cc(C)c(Nc2ccnc(Nc3cc(-c4ccccc4)on3)n2)cc1OC. The van der Waals surface area contributed by atoms with Gasteiger partial charge in [-0.05, 0) is 24.6 Å². The summed E-state index contributed by atoms with van der Waals surface area (Å²) < 4.78 is 16.1. The molecule has 0 radical (unpaired) electrons. The van der Waals surface area contributed by atoms with E-state index in [0.29, 0.717) is 34.8 Å². The largest absolute Gasteiger partial charge is 0.493 e. The zero-order valence-corrected chi connectivity index (χ0v) is 16.8. The van der Waals surface area contributed by atoms with E-state index >= 15 is 0 Å².